The number of halogens is 1. The van der Waals surface area contributed by atoms with E-state index < -0.39 is 12.3 Å². The Morgan fingerprint density at radius 1 is 0.932 bits per heavy atom. The maximum atomic E-state index is 16.1. The SMILES string of the molecule is C[C@]12C[C@H](F)C3c4ccc(O)cc4C[C@@H](CCCCCN(CC4CCCCC4)C(=O)CCC4CCCCC4)C3C1CC[C@@H]2O. The van der Waals surface area contributed by atoms with Crippen molar-refractivity contribution < 1.29 is 19.4 Å². The van der Waals surface area contributed by atoms with Gasteiger partial charge in [0, 0.05) is 25.4 Å². The lowest BCUT2D eigenvalue weighted by atomic mass is 9.51. The van der Waals surface area contributed by atoms with Crippen molar-refractivity contribution in [2.45, 2.75) is 154 Å². The van der Waals surface area contributed by atoms with Gasteiger partial charge in [-0.1, -0.05) is 77.2 Å². The predicted molar refractivity (Wildman–Crippen MR) is 175 cm³/mol. The van der Waals surface area contributed by atoms with Crippen LogP contribution in [-0.2, 0) is 11.2 Å². The summed E-state index contributed by atoms with van der Waals surface area (Å²) >= 11 is 0. The summed E-state index contributed by atoms with van der Waals surface area (Å²) in [5, 5.41) is 21.2. The van der Waals surface area contributed by atoms with E-state index in [0.717, 1.165) is 87.9 Å². The van der Waals surface area contributed by atoms with Crippen molar-refractivity contribution in [2.75, 3.05) is 13.1 Å². The zero-order valence-electron chi connectivity index (χ0n) is 27.5. The van der Waals surface area contributed by atoms with E-state index in [1.807, 2.05) is 12.1 Å². The number of amides is 1. The molecule has 3 unspecified atom stereocenters. The molecule has 5 heteroatoms. The molecular weight excluding hydrogens is 549 g/mol. The minimum absolute atomic E-state index is 0.125. The Morgan fingerprint density at radius 3 is 2.41 bits per heavy atom. The number of hydrogen-bond donors (Lipinski definition) is 2. The number of hydrogen-bond acceptors (Lipinski definition) is 3. The summed E-state index contributed by atoms with van der Waals surface area (Å²) in [5.41, 5.74) is 1.90. The Bertz CT molecular complexity index is 1100. The van der Waals surface area contributed by atoms with Gasteiger partial charge in [0.15, 0.2) is 0 Å². The number of carbonyl (C=O) groups is 1. The molecule has 0 saturated heterocycles. The van der Waals surface area contributed by atoms with E-state index >= 15 is 4.39 Å². The van der Waals surface area contributed by atoms with Gasteiger partial charge in [-0.15, -0.1) is 0 Å². The average molecular weight is 610 g/mol. The van der Waals surface area contributed by atoms with Crippen LogP contribution in [0.4, 0.5) is 4.39 Å². The molecule has 0 bridgehead atoms. The molecule has 4 nitrogen and oxygen atoms in total. The summed E-state index contributed by atoms with van der Waals surface area (Å²) in [7, 11) is 0. The number of nitrogens with zero attached hydrogens (tertiary/aromatic N) is 1. The molecule has 5 aliphatic rings. The molecule has 0 radical (unpaired) electrons. The standard InChI is InChI=1S/C39H60FNO3/c1-39-25-34(40)38-32-18-17-31(42)24-30(32)23-29(37(38)33(39)19-20-35(39)43)15-9-4-10-22-41(26-28-13-7-3-8-14-28)36(44)21-16-27-11-5-2-6-12-27/h17-18,24,27-29,33-35,37-38,42-43H,2-16,19-23,25-26H2,1H3/t29-,33?,34+,35+,37?,38?,39+/m1/s1. The first-order valence-corrected chi connectivity index (χ1v) is 18.7. The maximum absolute atomic E-state index is 16.1. The van der Waals surface area contributed by atoms with Crippen molar-refractivity contribution in [3.05, 3.63) is 29.3 Å². The Balaban J connectivity index is 1.07. The minimum atomic E-state index is -0.951. The fraction of sp³-hybridized carbons (Fsp3) is 0.821. The summed E-state index contributed by atoms with van der Waals surface area (Å²) < 4.78 is 16.1. The summed E-state index contributed by atoms with van der Waals surface area (Å²) in [5.74, 6) is 2.95. The average Bonchev–Trinajstić information content (AvgIpc) is 3.32. The molecule has 1 amide bonds. The van der Waals surface area contributed by atoms with Crippen molar-refractivity contribution in [1.82, 2.24) is 4.90 Å². The van der Waals surface area contributed by atoms with Gasteiger partial charge >= 0.3 is 0 Å². The highest BCUT2D eigenvalue weighted by Gasteiger charge is 2.59. The van der Waals surface area contributed by atoms with E-state index in [0.29, 0.717) is 30.1 Å². The van der Waals surface area contributed by atoms with Gasteiger partial charge in [0.25, 0.3) is 0 Å². The highest BCUT2D eigenvalue weighted by Crippen LogP contribution is 2.63. The lowest BCUT2D eigenvalue weighted by Crippen LogP contribution is -2.51. The highest BCUT2D eigenvalue weighted by atomic mass is 19.1. The normalized spacial score (nSPS) is 34.2. The molecule has 5 aliphatic carbocycles. The molecule has 0 aliphatic heterocycles. The Labute approximate surface area is 266 Å². The first-order chi connectivity index (χ1) is 21.3. The fourth-order valence-electron chi connectivity index (χ4n) is 10.9. The largest absolute Gasteiger partial charge is 0.508 e. The van der Waals surface area contributed by atoms with E-state index in [4.69, 9.17) is 0 Å². The van der Waals surface area contributed by atoms with E-state index in [2.05, 4.69) is 11.8 Å². The van der Waals surface area contributed by atoms with Gasteiger partial charge in [-0.2, -0.15) is 0 Å². The van der Waals surface area contributed by atoms with Crippen LogP contribution in [0.5, 0.6) is 5.75 Å². The monoisotopic (exact) mass is 609 g/mol. The maximum Gasteiger partial charge on any atom is 0.222 e. The molecule has 1 aromatic rings. The number of phenols is 1. The number of unbranched alkanes of at least 4 members (excludes halogenated alkanes) is 2. The van der Waals surface area contributed by atoms with Crippen LogP contribution >= 0.6 is 0 Å². The quantitative estimate of drug-likeness (QED) is 0.246. The number of aromatic hydroxyl groups is 1. The number of alkyl halides is 1. The van der Waals surface area contributed by atoms with Crippen LogP contribution in [0.2, 0.25) is 0 Å². The third-order valence-corrected chi connectivity index (χ3v) is 13.3. The molecule has 6 rings (SSSR count). The van der Waals surface area contributed by atoms with E-state index in [1.165, 1.54) is 64.2 Å². The van der Waals surface area contributed by atoms with Crippen molar-refractivity contribution in [1.29, 1.82) is 0 Å². The number of phenolic OH excluding ortho intramolecular Hbond substituents is 1. The van der Waals surface area contributed by atoms with Gasteiger partial charge in [0.1, 0.15) is 11.9 Å². The molecular formula is C39H60FNO3. The smallest absolute Gasteiger partial charge is 0.222 e. The van der Waals surface area contributed by atoms with Crippen LogP contribution in [0.15, 0.2) is 18.2 Å². The van der Waals surface area contributed by atoms with Crippen LogP contribution in [0.3, 0.4) is 0 Å². The van der Waals surface area contributed by atoms with Gasteiger partial charge in [0.05, 0.1) is 6.10 Å². The second-order valence-electron chi connectivity index (χ2n) is 16.1. The van der Waals surface area contributed by atoms with E-state index in [9.17, 15) is 15.0 Å². The molecule has 246 valence electrons. The second kappa shape index (κ2) is 14.4. The fourth-order valence-corrected chi connectivity index (χ4v) is 10.9. The van der Waals surface area contributed by atoms with Crippen LogP contribution in [0, 0.1) is 35.0 Å². The molecule has 0 aromatic heterocycles. The van der Waals surface area contributed by atoms with Crippen LogP contribution in [-0.4, -0.2) is 46.4 Å². The number of aliphatic hydroxyl groups is 1. The van der Waals surface area contributed by atoms with Crippen LogP contribution in [0.1, 0.15) is 146 Å². The summed E-state index contributed by atoms with van der Waals surface area (Å²) in [6, 6.07) is 5.59. The molecule has 44 heavy (non-hydrogen) atoms. The zero-order chi connectivity index (χ0) is 30.7. The van der Waals surface area contributed by atoms with Gasteiger partial charge < -0.3 is 15.1 Å². The van der Waals surface area contributed by atoms with E-state index in [1.54, 1.807) is 6.07 Å². The lowest BCUT2D eigenvalue weighted by molar-refractivity contribution is -0.132. The van der Waals surface area contributed by atoms with Crippen molar-refractivity contribution >= 4 is 5.91 Å². The van der Waals surface area contributed by atoms with Crippen LogP contribution < -0.4 is 0 Å². The van der Waals surface area contributed by atoms with Crippen molar-refractivity contribution in [3.8, 4) is 5.75 Å². The summed E-state index contributed by atoms with van der Waals surface area (Å²) in [6.07, 6.45) is 21.1. The minimum Gasteiger partial charge on any atom is -0.508 e. The molecule has 0 heterocycles. The van der Waals surface area contributed by atoms with E-state index in [-0.39, 0.29) is 23.0 Å². The van der Waals surface area contributed by atoms with Gasteiger partial charge in [-0.05, 0) is 116 Å². The topological polar surface area (TPSA) is 60.8 Å². The number of benzene rings is 1. The third kappa shape index (κ3) is 7.03. The molecule has 4 saturated carbocycles. The molecule has 1 aromatic carbocycles. The molecule has 0 spiro atoms. The number of rotatable bonds is 11. The Hall–Kier alpha value is -1.62. The van der Waals surface area contributed by atoms with Crippen molar-refractivity contribution in [2.24, 2.45) is 35.0 Å². The van der Waals surface area contributed by atoms with Gasteiger partial charge in [0.2, 0.25) is 5.91 Å². The zero-order valence-corrected chi connectivity index (χ0v) is 27.5. The molecule has 7 atom stereocenters. The first kappa shape index (κ1) is 32.3. The number of carbonyl (C=O) groups excluding carboxylic acids is 1. The Kier molecular flexibility index (Phi) is 10.6. The molecule has 2 N–H and O–H groups in total. The number of aliphatic hydroxyl groups excluding tert-OH is 1. The summed E-state index contributed by atoms with van der Waals surface area (Å²) in [4.78, 5) is 15.8. The van der Waals surface area contributed by atoms with Gasteiger partial charge in [-0.25, -0.2) is 4.39 Å². The molecule has 4 fully saturated rings. The third-order valence-electron chi connectivity index (χ3n) is 13.3. The lowest BCUT2D eigenvalue weighted by Gasteiger charge is -2.54. The van der Waals surface area contributed by atoms with Gasteiger partial charge in [-0.3, -0.25) is 4.79 Å². The van der Waals surface area contributed by atoms with Crippen molar-refractivity contribution in [3.63, 3.8) is 0 Å². The predicted octanol–water partition coefficient (Wildman–Crippen LogP) is 9.11. The van der Waals surface area contributed by atoms with Crippen LogP contribution in [0.25, 0.3) is 0 Å². The first-order valence-electron chi connectivity index (χ1n) is 18.7. The number of fused-ring (bicyclic) bond motifs is 5. The second-order valence-corrected chi connectivity index (χ2v) is 16.1. The summed E-state index contributed by atoms with van der Waals surface area (Å²) in [6.45, 7) is 3.98. The highest BCUT2D eigenvalue weighted by molar-refractivity contribution is 5.76. The Morgan fingerprint density at radius 2 is 1.66 bits per heavy atom.